The zero-order chi connectivity index (χ0) is 28.4. The molecule has 0 aliphatic rings. The highest BCUT2D eigenvalue weighted by atomic mass is 16.6. The maximum Gasteiger partial charge on any atom is 0.306 e. The minimum absolute atomic E-state index is 0.153. The van der Waals surface area contributed by atoms with E-state index in [2.05, 4.69) is 26.0 Å². The van der Waals surface area contributed by atoms with E-state index < -0.39 is 0 Å². The number of hydrogen-bond acceptors (Lipinski definition) is 5. The van der Waals surface area contributed by atoms with Crippen LogP contribution in [0.1, 0.15) is 103 Å². The van der Waals surface area contributed by atoms with Gasteiger partial charge in [0.1, 0.15) is 18.5 Å². The molecule has 40 heavy (non-hydrogen) atoms. The smallest absolute Gasteiger partial charge is 0.306 e. The Bertz CT molecular complexity index is 1110. The molecule has 216 valence electrons. The topological polar surface area (TPSA) is 61.3 Å². The van der Waals surface area contributed by atoms with Crippen LogP contribution in [0.15, 0.2) is 60.9 Å². The number of ether oxygens (including phenoxy) is 2. The molecule has 3 aromatic rings. The van der Waals surface area contributed by atoms with E-state index in [1.807, 2.05) is 55.7 Å². The van der Waals surface area contributed by atoms with Crippen molar-refractivity contribution in [2.75, 3.05) is 6.61 Å². The number of benzene rings is 2. The second-order valence-electron chi connectivity index (χ2n) is 10.8. The van der Waals surface area contributed by atoms with Gasteiger partial charge in [-0.1, -0.05) is 108 Å². The molecule has 0 aliphatic carbocycles. The van der Waals surface area contributed by atoms with Crippen molar-refractivity contribution in [2.24, 2.45) is 0 Å². The molecule has 0 N–H and O–H groups in total. The van der Waals surface area contributed by atoms with Gasteiger partial charge in [0.05, 0.1) is 0 Å². The molecule has 1 heterocycles. The number of hydrogen-bond donors (Lipinski definition) is 0. The number of rotatable bonds is 19. The molecule has 5 heteroatoms. The summed E-state index contributed by atoms with van der Waals surface area (Å²) in [7, 11) is 0. The van der Waals surface area contributed by atoms with Crippen molar-refractivity contribution < 1.29 is 14.3 Å². The second kappa shape index (κ2) is 18.2. The quantitative estimate of drug-likeness (QED) is 0.111. The lowest BCUT2D eigenvalue weighted by Gasteiger charge is -2.15. The lowest BCUT2D eigenvalue weighted by atomic mass is 9.99. The summed E-state index contributed by atoms with van der Waals surface area (Å²) in [6.07, 6.45) is 18.8. The van der Waals surface area contributed by atoms with Crippen molar-refractivity contribution >= 4 is 5.97 Å². The van der Waals surface area contributed by atoms with E-state index in [-0.39, 0.29) is 12.1 Å². The molecule has 0 bridgehead atoms. The summed E-state index contributed by atoms with van der Waals surface area (Å²) in [5.74, 6) is 1.33. The Kier molecular flexibility index (Phi) is 14.2. The lowest BCUT2D eigenvalue weighted by molar-refractivity contribution is -0.149. The van der Waals surface area contributed by atoms with Gasteiger partial charge < -0.3 is 9.47 Å². The van der Waals surface area contributed by atoms with Crippen LogP contribution in [0.2, 0.25) is 0 Å². The molecule has 5 nitrogen and oxygen atoms in total. The fourth-order valence-electron chi connectivity index (χ4n) is 4.80. The number of nitrogens with zero attached hydrogens (tertiary/aromatic N) is 2. The van der Waals surface area contributed by atoms with Gasteiger partial charge in [0, 0.05) is 24.4 Å². The second-order valence-corrected chi connectivity index (χ2v) is 10.8. The van der Waals surface area contributed by atoms with Crippen molar-refractivity contribution in [1.82, 2.24) is 9.97 Å². The van der Waals surface area contributed by atoms with Crippen LogP contribution in [-0.2, 0) is 16.0 Å². The Hall–Kier alpha value is -3.21. The van der Waals surface area contributed by atoms with Gasteiger partial charge in [-0.05, 0) is 55.0 Å². The van der Waals surface area contributed by atoms with Crippen molar-refractivity contribution in [3.63, 3.8) is 0 Å². The Balaban J connectivity index is 1.50. The Labute approximate surface area is 241 Å². The van der Waals surface area contributed by atoms with E-state index in [1.165, 1.54) is 56.9 Å². The summed E-state index contributed by atoms with van der Waals surface area (Å²) in [5, 5.41) is 0. The van der Waals surface area contributed by atoms with E-state index in [1.54, 1.807) is 0 Å². The van der Waals surface area contributed by atoms with Gasteiger partial charge in [-0.3, -0.25) is 4.79 Å². The lowest BCUT2D eigenvalue weighted by Crippen LogP contribution is -2.21. The van der Waals surface area contributed by atoms with Crippen LogP contribution in [0.25, 0.3) is 22.5 Å². The Morgan fingerprint density at radius 3 is 2.02 bits per heavy atom. The molecular weight excluding hydrogens is 496 g/mol. The number of carbonyl (C=O) groups is 1. The predicted octanol–water partition coefficient (Wildman–Crippen LogP) is 9.38. The molecule has 3 rings (SSSR count). The van der Waals surface area contributed by atoms with Crippen molar-refractivity contribution in [3.8, 4) is 28.3 Å². The molecule has 1 aromatic heterocycles. The van der Waals surface area contributed by atoms with Gasteiger partial charge in [0.25, 0.3) is 0 Å². The third-order valence-corrected chi connectivity index (χ3v) is 7.16. The van der Waals surface area contributed by atoms with Crippen LogP contribution < -0.4 is 4.74 Å². The number of esters is 1. The van der Waals surface area contributed by atoms with Crippen LogP contribution in [0, 0.1) is 0 Å². The van der Waals surface area contributed by atoms with E-state index in [0.717, 1.165) is 53.9 Å². The maximum absolute atomic E-state index is 11.9. The first-order valence-corrected chi connectivity index (χ1v) is 15.4. The van der Waals surface area contributed by atoms with Gasteiger partial charge in [-0.2, -0.15) is 0 Å². The minimum Gasteiger partial charge on any atom is -0.490 e. The third-order valence-electron chi connectivity index (χ3n) is 7.16. The molecule has 1 atom stereocenters. The highest BCUT2D eigenvalue weighted by Gasteiger charge is 2.12. The molecule has 0 radical (unpaired) electrons. The fourth-order valence-corrected chi connectivity index (χ4v) is 4.80. The first-order valence-electron chi connectivity index (χ1n) is 15.4. The summed E-state index contributed by atoms with van der Waals surface area (Å²) in [6.45, 7) is 6.58. The monoisotopic (exact) mass is 544 g/mol. The van der Waals surface area contributed by atoms with Gasteiger partial charge in [-0.25, -0.2) is 9.97 Å². The van der Waals surface area contributed by atoms with E-state index in [0.29, 0.717) is 13.0 Å². The standard InChI is InChI=1S/C35H48N2O3/c1-4-6-8-9-10-11-12-14-17-29-25-36-35(37-26-29)33-19-16-15-18-32(33)30-21-23-31(24-22-30)39-27-28(3)40-34(38)20-13-7-5-2/h15-16,18-19,21-26,28H,4-14,17,20,27H2,1-3H3/t28-/m1/s1. The van der Waals surface area contributed by atoms with E-state index in [4.69, 9.17) is 19.4 Å². The number of aromatic nitrogens is 2. The van der Waals surface area contributed by atoms with E-state index in [9.17, 15) is 4.79 Å². The van der Waals surface area contributed by atoms with Crippen molar-refractivity contribution in [2.45, 2.75) is 110 Å². The van der Waals surface area contributed by atoms with Crippen LogP contribution in [0.3, 0.4) is 0 Å². The number of unbranched alkanes of at least 4 members (excludes halogenated alkanes) is 9. The highest BCUT2D eigenvalue weighted by molar-refractivity contribution is 5.80. The normalized spacial score (nSPS) is 11.8. The van der Waals surface area contributed by atoms with Crippen molar-refractivity contribution in [1.29, 1.82) is 0 Å². The summed E-state index contributed by atoms with van der Waals surface area (Å²) >= 11 is 0. The number of aryl methyl sites for hydroxylation is 1. The Morgan fingerprint density at radius 2 is 1.35 bits per heavy atom. The van der Waals surface area contributed by atoms with Gasteiger partial charge in [0.2, 0.25) is 0 Å². The van der Waals surface area contributed by atoms with Gasteiger partial charge >= 0.3 is 5.97 Å². The molecule has 0 spiro atoms. The SMILES string of the molecule is CCCCCCCCCCc1cnc(-c2ccccc2-c2ccc(OC[C@@H](C)OC(=O)CCCCC)cc2)nc1. The van der Waals surface area contributed by atoms with Crippen LogP contribution in [0.4, 0.5) is 0 Å². The summed E-state index contributed by atoms with van der Waals surface area (Å²) < 4.78 is 11.3. The first-order chi connectivity index (χ1) is 19.6. The zero-order valence-electron chi connectivity index (χ0n) is 24.9. The molecule has 0 saturated carbocycles. The molecule has 0 aliphatic heterocycles. The predicted molar refractivity (Wildman–Crippen MR) is 164 cm³/mol. The first kappa shape index (κ1) is 31.3. The average molecular weight is 545 g/mol. The van der Waals surface area contributed by atoms with Crippen LogP contribution in [0.5, 0.6) is 5.75 Å². The van der Waals surface area contributed by atoms with Gasteiger partial charge in [-0.15, -0.1) is 0 Å². The average Bonchev–Trinajstić information content (AvgIpc) is 2.98. The summed E-state index contributed by atoms with van der Waals surface area (Å²) in [4.78, 5) is 21.4. The molecule has 0 unspecified atom stereocenters. The fraction of sp³-hybridized carbons (Fsp3) is 0.514. The molecule has 0 fully saturated rings. The van der Waals surface area contributed by atoms with E-state index >= 15 is 0 Å². The molecular formula is C35H48N2O3. The molecule has 0 amide bonds. The van der Waals surface area contributed by atoms with Crippen LogP contribution >= 0.6 is 0 Å². The maximum atomic E-state index is 11.9. The molecule has 0 saturated heterocycles. The number of carbonyl (C=O) groups excluding carboxylic acids is 1. The van der Waals surface area contributed by atoms with Crippen LogP contribution in [-0.4, -0.2) is 28.6 Å². The van der Waals surface area contributed by atoms with Gasteiger partial charge in [0.15, 0.2) is 5.82 Å². The zero-order valence-corrected chi connectivity index (χ0v) is 24.9. The minimum atomic E-state index is -0.287. The summed E-state index contributed by atoms with van der Waals surface area (Å²) in [6, 6.07) is 16.2. The third kappa shape index (κ3) is 11.1. The highest BCUT2D eigenvalue weighted by Crippen LogP contribution is 2.31. The molecule has 2 aromatic carbocycles. The summed E-state index contributed by atoms with van der Waals surface area (Å²) in [5.41, 5.74) is 4.37. The van der Waals surface area contributed by atoms with Crippen molar-refractivity contribution in [3.05, 3.63) is 66.5 Å². The Morgan fingerprint density at radius 1 is 0.750 bits per heavy atom. The largest absolute Gasteiger partial charge is 0.490 e.